The molecule has 2 N–H and O–H groups in total. The lowest BCUT2D eigenvalue weighted by atomic mass is 10.1. The van der Waals surface area contributed by atoms with Crippen LogP contribution in [0.15, 0.2) is 18.2 Å². The number of nitro benzene ring substituents is 1. The second-order valence-electron chi connectivity index (χ2n) is 3.84. The highest BCUT2D eigenvalue weighted by atomic mass is 35.5. The fraction of sp³-hybridized carbons (Fsp3) is 0.182. The van der Waals surface area contributed by atoms with Crippen molar-refractivity contribution >= 4 is 35.1 Å². The minimum absolute atomic E-state index is 0.339. The topological polar surface area (TPSA) is 138 Å². The minimum Gasteiger partial charge on any atom is -0.480 e. The zero-order valence-electron chi connectivity index (χ0n) is 10.4. The summed E-state index contributed by atoms with van der Waals surface area (Å²) >= 11 is 5.73. The van der Waals surface area contributed by atoms with Crippen LogP contribution >= 0.6 is 11.6 Å². The molecule has 112 valence electrons. The highest BCUT2D eigenvalue weighted by molar-refractivity contribution is 6.35. The van der Waals surface area contributed by atoms with E-state index < -0.39 is 46.6 Å². The summed E-state index contributed by atoms with van der Waals surface area (Å²) < 4.78 is 0. The van der Waals surface area contributed by atoms with Crippen LogP contribution < -0.4 is 0 Å². The Labute approximate surface area is 122 Å². The molecular weight excluding hydrogens is 308 g/mol. The van der Waals surface area contributed by atoms with Crippen LogP contribution in [0.4, 0.5) is 5.69 Å². The third-order valence-electron chi connectivity index (χ3n) is 2.34. The standard InChI is InChI=1S/C11H9ClN2O7/c12-10-6(2-1-3-7(10)14(20)21)11(19)13(4-8(15)16)5-9(17)18/h1-3H,4-5H2,(H,15,16)(H,17,18). The molecule has 0 aliphatic rings. The molecule has 1 rings (SSSR count). The Balaban J connectivity index is 3.20. The summed E-state index contributed by atoms with van der Waals surface area (Å²) in [6.07, 6.45) is 0. The molecule has 0 bridgehead atoms. The first-order valence-electron chi connectivity index (χ1n) is 5.39. The van der Waals surface area contributed by atoms with E-state index >= 15 is 0 Å². The number of nitrogens with zero attached hydrogens (tertiary/aromatic N) is 2. The number of hydrogen-bond donors (Lipinski definition) is 2. The van der Waals surface area contributed by atoms with Crippen LogP contribution in [0.2, 0.25) is 5.02 Å². The second kappa shape index (κ2) is 6.66. The number of rotatable bonds is 6. The number of carboxylic acid groups (broad SMARTS) is 2. The highest BCUT2D eigenvalue weighted by Crippen LogP contribution is 2.28. The van der Waals surface area contributed by atoms with Gasteiger partial charge in [-0.05, 0) is 6.07 Å². The molecule has 0 radical (unpaired) electrons. The van der Waals surface area contributed by atoms with Crippen molar-refractivity contribution in [3.05, 3.63) is 38.9 Å². The summed E-state index contributed by atoms with van der Waals surface area (Å²) in [6.45, 7) is -1.74. The third kappa shape index (κ3) is 4.14. The van der Waals surface area contributed by atoms with Gasteiger partial charge in [-0.15, -0.1) is 0 Å². The summed E-state index contributed by atoms with van der Waals surface area (Å²) in [6, 6.07) is 3.41. The lowest BCUT2D eigenvalue weighted by Crippen LogP contribution is -2.39. The smallest absolute Gasteiger partial charge is 0.323 e. The Bertz CT molecular complexity index is 601. The highest BCUT2D eigenvalue weighted by Gasteiger charge is 2.26. The Morgan fingerprint density at radius 1 is 1.19 bits per heavy atom. The molecule has 10 heteroatoms. The lowest BCUT2D eigenvalue weighted by molar-refractivity contribution is -0.384. The molecule has 1 aromatic rings. The quantitative estimate of drug-likeness (QED) is 0.586. The molecule has 1 amide bonds. The summed E-state index contributed by atoms with van der Waals surface area (Å²) in [4.78, 5) is 43.9. The minimum atomic E-state index is -1.42. The van der Waals surface area contributed by atoms with E-state index in [0.717, 1.165) is 12.1 Å². The molecule has 0 fully saturated rings. The Kier molecular flexibility index (Phi) is 5.19. The number of nitro groups is 1. The zero-order chi connectivity index (χ0) is 16.2. The molecule has 1 aromatic carbocycles. The van der Waals surface area contributed by atoms with Gasteiger partial charge in [0.1, 0.15) is 18.1 Å². The van der Waals surface area contributed by atoms with Crippen LogP contribution in [0.5, 0.6) is 0 Å². The normalized spacial score (nSPS) is 9.95. The first-order chi connectivity index (χ1) is 9.73. The zero-order valence-corrected chi connectivity index (χ0v) is 11.1. The lowest BCUT2D eigenvalue weighted by Gasteiger charge is -2.18. The average molecular weight is 317 g/mol. The van der Waals surface area contributed by atoms with E-state index in [4.69, 9.17) is 21.8 Å². The molecule has 0 aliphatic carbocycles. The van der Waals surface area contributed by atoms with E-state index in [1.54, 1.807) is 0 Å². The first kappa shape index (κ1) is 16.4. The van der Waals surface area contributed by atoms with E-state index in [1.807, 2.05) is 0 Å². The Hall–Kier alpha value is -2.68. The maximum Gasteiger partial charge on any atom is 0.323 e. The van der Waals surface area contributed by atoms with Gasteiger partial charge < -0.3 is 15.1 Å². The third-order valence-corrected chi connectivity index (χ3v) is 2.74. The second-order valence-corrected chi connectivity index (χ2v) is 4.22. The number of halogens is 1. The van der Waals surface area contributed by atoms with Crippen molar-refractivity contribution < 1.29 is 29.5 Å². The number of carbonyl (C=O) groups is 3. The fourth-order valence-corrected chi connectivity index (χ4v) is 1.80. The number of hydrogen-bond acceptors (Lipinski definition) is 5. The van der Waals surface area contributed by atoms with Crippen molar-refractivity contribution in [2.24, 2.45) is 0 Å². The van der Waals surface area contributed by atoms with Crippen LogP contribution in [-0.2, 0) is 9.59 Å². The van der Waals surface area contributed by atoms with Crippen molar-refractivity contribution in [2.75, 3.05) is 13.1 Å². The van der Waals surface area contributed by atoms with E-state index in [2.05, 4.69) is 0 Å². The molecule has 9 nitrogen and oxygen atoms in total. The average Bonchev–Trinajstić information content (AvgIpc) is 2.36. The monoisotopic (exact) mass is 316 g/mol. The molecule has 0 aliphatic heterocycles. The van der Waals surface area contributed by atoms with Gasteiger partial charge in [0, 0.05) is 6.07 Å². The number of carboxylic acids is 2. The van der Waals surface area contributed by atoms with E-state index in [0.29, 0.717) is 4.90 Å². The van der Waals surface area contributed by atoms with Gasteiger partial charge in [-0.2, -0.15) is 0 Å². The van der Waals surface area contributed by atoms with Gasteiger partial charge in [0.25, 0.3) is 11.6 Å². The predicted octanol–water partition coefficient (Wildman–Crippen LogP) is 0.860. The van der Waals surface area contributed by atoms with E-state index in [-0.39, 0.29) is 5.56 Å². The van der Waals surface area contributed by atoms with E-state index in [1.165, 1.54) is 6.07 Å². The molecule has 21 heavy (non-hydrogen) atoms. The summed E-state index contributed by atoms with van der Waals surface area (Å²) in [5.74, 6) is -3.87. The molecular formula is C11H9ClN2O7. The van der Waals surface area contributed by atoms with Gasteiger partial charge >= 0.3 is 11.9 Å². The molecule has 0 unspecified atom stereocenters. The van der Waals surface area contributed by atoms with Gasteiger partial charge in [0.2, 0.25) is 0 Å². The molecule has 0 spiro atoms. The van der Waals surface area contributed by atoms with Gasteiger partial charge in [0.15, 0.2) is 0 Å². The maximum atomic E-state index is 12.1. The number of aliphatic carboxylic acids is 2. The molecule has 0 aromatic heterocycles. The predicted molar refractivity (Wildman–Crippen MR) is 69.3 cm³/mol. The number of carbonyl (C=O) groups excluding carboxylic acids is 1. The Morgan fingerprint density at radius 3 is 2.14 bits per heavy atom. The van der Waals surface area contributed by atoms with Crippen LogP contribution in [0.25, 0.3) is 0 Å². The molecule has 0 saturated carbocycles. The summed E-state index contributed by atoms with van der Waals surface area (Å²) in [5, 5.41) is 27.6. The first-order valence-corrected chi connectivity index (χ1v) is 5.77. The Morgan fingerprint density at radius 2 is 1.71 bits per heavy atom. The van der Waals surface area contributed by atoms with Gasteiger partial charge in [-0.1, -0.05) is 17.7 Å². The van der Waals surface area contributed by atoms with Gasteiger partial charge in [0.05, 0.1) is 10.5 Å². The molecule has 0 atom stereocenters. The maximum absolute atomic E-state index is 12.1. The van der Waals surface area contributed by atoms with Crippen molar-refractivity contribution in [3.8, 4) is 0 Å². The van der Waals surface area contributed by atoms with Crippen molar-refractivity contribution in [2.45, 2.75) is 0 Å². The van der Waals surface area contributed by atoms with Crippen LogP contribution in [0, 0.1) is 10.1 Å². The van der Waals surface area contributed by atoms with Crippen LogP contribution in [-0.4, -0.2) is 51.0 Å². The van der Waals surface area contributed by atoms with Crippen molar-refractivity contribution in [1.29, 1.82) is 0 Å². The van der Waals surface area contributed by atoms with Crippen molar-refractivity contribution in [3.63, 3.8) is 0 Å². The number of benzene rings is 1. The molecule has 0 heterocycles. The summed E-state index contributed by atoms with van der Waals surface area (Å²) in [5.41, 5.74) is -0.874. The van der Waals surface area contributed by atoms with Gasteiger partial charge in [-0.3, -0.25) is 24.5 Å². The SMILES string of the molecule is O=C(O)CN(CC(=O)O)C(=O)c1cccc([N+](=O)[O-])c1Cl. The van der Waals surface area contributed by atoms with Crippen molar-refractivity contribution in [1.82, 2.24) is 4.90 Å². The molecule has 0 saturated heterocycles. The fourth-order valence-electron chi connectivity index (χ4n) is 1.52. The van der Waals surface area contributed by atoms with Crippen LogP contribution in [0.3, 0.4) is 0 Å². The van der Waals surface area contributed by atoms with Gasteiger partial charge in [-0.25, -0.2) is 0 Å². The van der Waals surface area contributed by atoms with E-state index in [9.17, 15) is 24.5 Å². The number of amides is 1. The van der Waals surface area contributed by atoms with Crippen LogP contribution in [0.1, 0.15) is 10.4 Å². The summed E-state index contributed by atoms with van der Waals surface area (Å²) in [7, 11) is 0. The largest absolute Gasteiger partial charge is 0.480 e.